The van der Waals surface area contributed by atoms with Crippen LogP contribution in [0.25, 0.3) is 21.9 Å². The van der Waals surface area contributed by atoms with Crippen molar-refractivity contribution in [2.24, 2.45) is 0 Å². The van der Waals surface area contributed by atoms with E-state index in [4.69, 9.17) is 23.4 Å². The molecule has 0 fully saturated rings. The first kappa shape index (κ1) is 19.8. The molecule has 0 bridgehead atoms. The highest BCUT2D eigenvalue weighted by atomic mass is 16.7. The molecule has 1 aromatic heterocycles. The Hall–Kier alpha value is -3.82. The highest BCUT2D eigenvalue weighted by molar-refractivity contribution is 6.05. The smallest absolute Gasteiger partial charge is 0.231 e. The highest BCUT2D eigenvalue weighted by Crippen LogP contribution is 2.49. The van der Waals surface area contributed by atoms with Crippen LogP contribution in [0.5, 0.6) is 23.0 Å². The van der Waals surface area contributed by atoms with Gasteiger partial charge in [-0.1, -0.05) is 30.0 Å². The van der Waals surface area contributed by atoms with E-state index < -0.39 is 0 Å². The lowest BCUT2D eigenvalue weighted by atomic mass is 9.91. The van der Waals surface area contributed by atoms with Gasteiger partial charge < -0.3 is 23.4 Å². The van der Waals surface area contributed by atoms with Crippen molar-refractivity contribution in [1.82, 2.24) is 4.90 Å². The Balaban J connectivity index is 1.26. The molecule has 6 rings (SSSR count). The van der Waals surface area contributed by atoms with E-state index >= 15 is 0 Å². The van der Waals surface area contributed by atoms with Gasteiger partial charge in [0.15, 0.2) is 11.5 Å². The molecule has 0 aliphatic carbocycles. The Labute approximate surface area is 191 Å². The second-order valence-corrected chi connectivity index (χ2v) is 8.22. The predicted octanol–water partition coefficient (Wildman–Crippen LogP) is 4.93. The van der Waals surface area contributed by atoms with E-state index in [0.29, 0.717) is 11.5 Å². The Morgan fingerprint density at radius 3 is 2.85 bits per heavy atom. The molecule has 2 aliphatic heterocycles. The van der Waals surface area contributed by atoms with E-state index in [1.54, 1.807) is 7.11 Å². The summed E-state index contributed by atoms with van der Waals surface area (Å²) in [5, 5.41) is 2.12. The third kappa shape index (κ3) is 3.33. The van der Waals surface area contributed by atoms with Crippen LogP contribution >= 0.6 is 0 Å². The molecule has 0 spiro atoms. The van der Waals surface area contributed by atoms with Gasteiger partial charge in [-0.3, -0.25) is 4.90 Å². The third-order valence-electron chi connectivity index (χ3n) is 6.29. The predicted molar refractivity (Wildman–Crippen MR) is 125 cm³/mol. The summed E-state index contributed by atoms with van der Waals surface area (Å²) in [7, 11) is 3.74. The minimum Gasteiger partial charge on any atom is -0.492 e. The number of hydrogen-bond donors (Lipinski definition) is 0. The molecule has 0 N–H and O–H groups in total. The van der Waals surface area contributed by atoms with Crippen molar-refractivity contribution >= 4 is 21.9 Å². The zero-order chi connectivity index (χ0) is 22.4. The van der Waals surface area contributed by atoms with Crippen LogP contribution in [0, 0.1) is 11.8 Å². The number of likely N-dealkylation sites (N-methyl/N-ethyl adjacent to an activating group) is 1. The molecule has 0 radical (unpaired) electrons. The van der Waals surface area contributed by atoms with Crippen molar-refractivity contribution in [3.63, 3.8) is 0 Å². The van der Waals surface area contributed by atoms with Gasteiger partial charge in [0.2, 0.25) is 12.5 Å². The lowest BCUT2D eigenvalue weighted by Gasteiger charge is -2.32. The Kier molecular flexibility index (Phi) is 4.78. The number of furan rings is 1. The van der Waals surface area contributed by atoms with Crippen LogP contribution in [0.2, 0.25) is 0 Å². The second-order valence-electron chi connectivity index (χ2n) is 8.22. The van der Waals surface area contributed by atoms with Crippen molar-refractivity contribution in [3.05, 3.63) is 59.7 Å². The van der Waals surface area contributed by atoms with E-state index in [9.17, 15) is 0 Å². The maximum Gasteiger partial charge on any atom is 0.231 e. The van der Waals surface area contributed by atoms with E-state index in [1.165, 1.54) is 5.56 Å². The summed E-state index contributed by atoms with van der Waals surface area (Å²) in [5.41, 5.74) is 3.96. The first-order chi connectivity index (χ1) is 16.2. The van der Waals surface area contributed by atoms with Gasteiger partial charge in [0.25, 0.3) is 0 Å². The van der Waals surface area contributed by atoms with E-state index in [0.717, 1.165) is 52.0 Å². The molecule has 6 nitrogen and oxygen atoms in total. The second kappa shape index (κ2) is 7.95. The van der Waals surface area contributed by atoms with E-state index in [1.807, 2.05) is 36.4 Å². The Morgan fingerprint density at radius 1 is 1.06 bits per heavy atom. The average Bonchev–Trinajstić information content (AvgIpc) is 3.45. The molecule has 3 heterocycles. The number of nitrogens with zero attached hydrogens (tertiary/aromatic N) is 1. The zero-order valence-electron chi connectivity index (χ0n) is 18.5. The van der Waals surface area contributed by atoms with Crippen LogP contribution in [-0.2, 0) is 6.42 Å². The number of fused-ring (bicyclic) bond motifs is 5. The Bertz CT molecular complexity index is 1430. The molecule has 0 saturated heterocycles. The van der Waals surface area contributed by atoms with Crippen molar-refractivity contribution in [3.8, 4) is 34.8 Å². The highest BCUT2D eigenvalue weighted by Gasteiger charge is 2.33. The first-order valence-corrected chi connectivity index (χ1v) is 10.9. The van der Waals surface area contributed by atoms with Crippen LogP contribution in [0.3, 0.4) is 0 Å². The molecule has 0 unspecified atom stereocenters. The fourth-order valence-corrected chi connectivity index (χ4v) is 4.67. The van der Waals surface area contributed by atoms with Gasteiger partial charge in [0.05, 0.1) is 7.11 Å². The van der Waals surface area contributed by atoms with Gasteiger partial charge in [0, 0.05) is 22.9 Å². The van der Waals surface area contributed by atoms with Crippen molar-refractivity contribution in [2.45, 2.75) is 12.5 Å². The summed E-state index contributed by atoms with van der Waals surface area (Å²) in [6.07, 6.45) is 0.909. The molecule has 33 heavy (non-hydrogen) atoms. The van der Waals surface area contributed by atoms with Crippen LogP contribution < -0.4 is 18.9 Å². The molecular formula is C27H23NO5. The molecule has 2 aliphatic rings. The minimum absolute atomic E-state index is 0.109. The molecule has 0 amide bonds. The summed E-state index contributed by atoms with van der Waals surface area (Å²) in [4.78, 5) is 2.23. The van der Waals surface area contributed by atoms with Crippen LogP contribution in [0.15, 0.2) is 52.9 Å². The summed E-state index contributed by atoms with van der Waals surface area (Å²) >= 11 is 0. The Morgan fingerprint density at radius 2 is 1.94 bits per heavy atom. The summed E-state index contributed by atoms with van der Waals surface area (Å²) in [6.45, 7) is 1.40. The number of hydrogen-bond acceptors (Lipinski definition) is 6. The average molecular weight is 441 g/mol. The van der Waals surface area contributed by atoms with E-state index in [2.05, 4.69) is 35.9 Å². The van der Waals surface area contributed by atoms with Crippen molar-refractivity contribution in [1.29, 1.82) is 0 Å². The maximum absolute atomic E-state index is 5.97. The van der Waals surface area contributed by atoms with Crippen LogP contribution in [0.4, 0.5) is 0 Å². The lowest BCUT2D eigenvalue weighted by Crippen LogP contribution is -2.31. The largest absolute Gasteiger partial charge is 0.492 e. The van der Waals surface area contributed by atoms with Crippen molar-refractivity contribution in [2.75, 3.05) is 34.1 Å². The molecule has 1 atom stereocenters. The minimum atomic E-state index is -0.109. The SMILES string of the molecule is COc1c2c(cc3c1[C@H](C#CCOc1ccc4oc5ccccc5c4c1)N(C)CC3)OCO2. The number of benzene rings is 3. The monoisotopic (exact) mass is 441 g/mol. The first-order valence-electron chi connectivity index (χ1n) is 10.9. The summed E-state index contributed by atoms with van der Waals surface area (Å²) < 4.78 is 28.9. The fraction of sp³-hybridized carbons (Fsp3) is 0.259. The summed E-state index contributed by atoms with van der Waals surface area (Å²) in [5.74, 6) is 9.47. The molecular weight excluding hydrogens is 418 g/mol. The molecule has 4 aromatic rings. The molecule has 0 saturated carbocycles. The van der Waals surface area contributed by atoms with Gasteiger partial charge >= 0.3 is 0 Å². The van der Waals surface area contributed by atoms with Crippen LogP contribution in [-0.4, -0.2) is 39.0 Å². The number of ether oxygens (including phenoxy) is 4. The molecule has 6 heteroatoms. The van der Waals surface area contributed by atoms with Gasteiger partial charge in [-0.25, -0.2) is 0 Å². The van der Waals surface area contributed by atoms with Gasteiger partial charge in [-0.05, 0) is 49.4 Å². The third-order valence-corrected chi connectivity index (χ3v) is 6.29. The van der Waals surface area contributed by atoms with Gasteiger partial charge in [0.1, 0.15) is 29.6 Å². The molecule has 3 aromatic carbocycles. The normalized spacial score (nSPS) is 17.0. The quantitative estimate of drug-likeness (QED) is 0.420. The maximum atomic E-state index is 5.97. The molecule has 166 valence electrons. The standard InChI is InChI=1S/C27H23NO5/c1-28-12-11-17-14-24-26(32-16-31-24)27(29-2)25(17)21(28)7-5-13-30-18-9-10-23-20(15-18)19-6-3-4-8-22(19)33-23/h3-4,6,8-10,14-15,21H,11-13,16H2,1-2H3/t21-/m0/s1. The number of rotatable bonds is 3. The lowest BCUT2D eigenvalue weighted by molar-refractivity contribution is 0.171. The number of para-hydroxylation sites is 1. The van der Waals surface area contributed by atoms with Crippen LogP contribution in [0.1, 0.15) is 17.2 Å². The summed E-state index contributed by atoms with van der Waals surface area (Å²) in [6, 6.07) is 15.8. The zero-order valence-corrected chi connectivity index (χ0v) is 18.5. The fourth-order valence-electron chi connectivity index (χ4n) is 4.67. The van der Waals surface area contributed by atoms with Gasteiger partial charge in [-0.15, -0.1) is 0 Å². The van der Waals surface area contributed by atoms with Crippen molar-refractivity contribution < 1.29 is 23.4 Å². The van der Waals surface area contributed by atoms with Gasteiger partial charge in [-0.2, -0.15) is 0 Å². The number of methoxy groups -OCH3 is 1. The topological polar surface area (TPSA) is 53.3 Å². The van der Waals surface area contributed by atoms with E-state index in [-0.39, 0.29) is 19.4 Å².